The SMILES string of the molecule is CCOC(=O)[C@@H]1[C@@H](c2ccc(OC)cc2)C2(OO[C@]1(C)O)C(=O)OC(C)(C)OC2=O. The fourth-order valence-electron chi connectivity index (χ4n) is 3.65. The van der Waals surface area contributed by atoms with Crippen LogP contribution in [0.5, 0.6) is 5.75 Å². The van der Waals surface area contributed by atoms with Crippen LogP contribution in [0.15, 0.2) is 24.3 Å². The summed E-state index contributed by atoms with van der Waals surface area (Å²) in [7, 11) is 1.47. The molecule has 0 aliphatic carbocycles. The van der Waals surface area contributed by atoms with Crippen LogP contribution in [0.2, 0.25) is 0 Å². The fourth-order valence-corrected chi connectivity index (χ4v) is 3.65. The summed E-state index contributed by atoms with van der Waals surface area (Å²) in [5.74, 6) is -9.32. The summed E-state index contributed by atoms with van der Waals surface area (Å²) >= 11 is 0. The van der Waals surface area contributed by atoms with Gasteiger partial charge in [-0.1, -0.05) is 12.1 Å². The maximum Gasteiger partial charge on any atom is 0.357 e. The maximum absolute atomic E-state index is 13.1. The lowest BCUT2D eigenvalue weighted by Crippen LogP contribution is -2.70. The minimum Gasteiger partial charge on any atom is -0.497 e. The van der Waals surface area contributed by atoms with Crippen molar-refractivity contribution in [3.63, 3.8) is 0 Å². The summed E-state index contributed by atoms with van der Waals surface area (Å²) in [6.45, 7) is 5.50. The van der Waals surface area contributed by atoms with Gasteiger partial charge in [-0.3, -0.25) is 4.79 Å². The average molecular weight is 424 g/mol. The van der Waals surface area contributed by atoms with Gasteiger partial charge in [0.15, 0.2) is 0 Å². The van der Waals surface area contributed by atoms with Gasteiger partial charge in [-0.05, 0) is 31.5 Å². The van der Waals surface area contributed by atoms with E-state index in [0.29, 0.717) is 11.3 Å². The summed E-state index contributed by atoms with van der Waals surface area (Å²) < 4.78 is 20.7. The van der Waals surface area contributed by atoms with E-state index in [-0.39, 0.29) is 6.61 Å². The quantitative estimate of drug-likeness (QED) is 0.428. The Morgan fingerprint density at radius 1 is 1.07 bits per heavy atom. The molecule has 30 heavy (non-hydrogen) atoms. The molecule has 0 bridgehead atoms. The van der Waals surface area contributed by atoms with Crippen molar-refractivity contribution in [2.75, 3.05) is 13.7 Å². The van der Waals surface area contributed by atoms with Crippen LogP contribution in [0.25, 0.3) is 0 Å². The third-order valence-electron chi connectivity index (χ3n) is 4.99. The minimum absolute atomic E-state index is 0.00345. The molecule has 2 saturated heterocycles. The Labute approximate surface area is 172 Å². The van der Waals surface area contributed by atoms with Crippen molar-refractivity contribution in [2.24, 2.45) is 5.92 Å². The van der Waals surface area contributed by atoms with Crippen LogP contribution in [-0.2, 0) is 38.4 Å². The number of hydrogen-bond donors (Lipinski definition) is 1. The second-order valence-electron chi connectivity index (χ2n) is 7.62. The molecule has 1 aromatic carbocycles. The van der Waals surface area contributed by atoms with Crippen molar-refractivity contribution in [1.29, 1.82) is 0 Å². The smallest absolute Gasteiger partial charge is 0.357 e. The Balaban J connectivity index is 2.21. The van der Waals surface area contributed by atoms with Gasteiger partial charge in [-0.25, -0.2) is 14.5 Å². The topological polar surface area (TPSA) is 127 Å². The van der Waals surface area contributed by atoms with Crippen LogP contribution in [0.4, 0.5) is 0 Å². The zero-order chi connectivity index (χ0) is 22.3. The third kappa shape index (κ3) is 3.51. The Morgan fingerprint density at radius 3 is 2.13 bits per heavy atom. The van der Waals surface area contributed by atoms with Crippen LogP contribution in [0.3, 0.4) is 0 Å². The van der Waals surface area contributed by atoms with Crippen molar-refractivity contribution in [3.8, 4) is 5.75 Å². The van der Waals surface area contributed by atoms with Crippen molar-refractivity contribution in [1.82, 2.24) is 0 Å². The Hall–Kier alpha value is -2.69. The van der Waals surface area contributed by atoms with Gasteiger partial charge >= 0.3 is 23.5 Å². The van der Waals surface area contributed by atoms with E-state index in [1.165, 1.54) is 40.0 Å². The number of aliphatic hydroxyl groups is 1. The first-order valence-electron chi connectivity index (χ1n) is 9.35. The predicted molar refractivity (Wildman–Crippen MR) is 97.6 cm³/mol. The molecule has 164 valence electrons. The predicted octanol–water partition coefficient (Wildman–Crippen LogP) is 1.20. The summed E-state index contributed by atoms with van der Waals surface area (Å²) in [5, 5.41) is 10.8. The molecule has 2 aliphatic rings. The third-order valence-corrected chi connectivity index (χ3v) is 4.99. The van der Waals surface area contributed by atoms with Gasteiger partial charge in [0.05, 0.1) is 19.6 Å². The minimum atomic E-state index is -2.50. The molecule has 3 rings (SSSR count). The van der Waals surface area contributed by atoms with E-state index < -0.39 is 46.9 Å². The summed E-state index contributed by atoms with van der Waals surface area (Å²) in [5.41, 5.74) is -2.20. The lowest BCUT2D eigenvalue weighted by atomic mass is 9.69. The highest BCUT2D eigenvalue weighted by Crippen LogP contribution is 2.51. The highest BCUT2D eigenvalue weighted by Gasteiger charge is 2.72. The average Bonchev–Trinajstić information content (AvgIpc) is 2.65. The number of rotatable bonds is 4. The van der Waals surface area contributed by atoms with Crippen molar-refractivity contribution >= 4 is 17.9 Å². The standard InChI is InChI=1S/C20H24O10/c1-6-26-15(21)14-13(11-7-9-12(25-5)10-8-11)20(30-29-19(14,4)24)16(22)27-18(2,3)28-17(20)23/h7-10,13-14,24H,6H2,1-5H3/t13-,14+,19+/m1/s1. The number of carbonyl (C=O) groups excluding carboxylic acids is 3. The van der Waals surface area contributed by atoms with Gasteiger partial charge < -0.3 is 24.1 Å². The second kappa shape index (κ2) is 7.53. The maximum atomic E-state index is 13.1. The van der Waals surface area contributed by atoms with Crippen LogP contribution in [0.1, 0.15) is 39.2 Å². The molecule has 10 nitrogen and oxygen atoms in total. The number of benzene rings is 1. The second-order valence-corrected chi connectivity index (χ2v) is 7.62. The highest BCUT2D eigenvalue weighted by atomic mass is 17.2. The number of ether oxygens (including phenoxy) is 4. The first-order chi connectivity index (χ1) is 14.0. The molecule has 2 aliphatic heterocycles. The van der Waals surface area contributed by atoms with E-state index in [2.05, 4.69) is 0 Å². The van der Waals surface area contributed by atoms with Crippen LogP contribution in [0, 0.1) is 5.92 Å². The molecule has 1 spiro atoms. The Morgan fingerprint density at radius 2 is 1.63 bits per heavy atom. The van der Waals surface area contributed by atoms with E-state index in [1.807, 2.05) is 0 Å². The molecular weight excluding hydrogens is 400 g/mol. The van der Waals surface area contributed by atoms with E-state index in [0.717, 1.165) is 0 Å². The van der Waals surface area contributed by atoms with Crippen LogP contribution in [-0.4, -0.2) is 53.9 Å². The fraction of sp³-hybridized carbons (Fsp3) is 0.550. The normalized spacial score (nSPS) is 29.7. The van der Waals surface area contributed by atoms with Gasteiger partial charge in [-0.15, -0.1) is 0 Å². The van der Waals surface area contributed by atoms with Crippen molar-refractivity contribution < 1.29 is 48.2 Å². The molecule has 10 heteroatoms. The molecule has 0 aromatic heterocycles. The van der Waals surface area contributed by atoms with Crippen LogP contribution < -0.4 is 4.74 Å². The highest BCUT2D eigenvalue weighted by molar-refractivity contribution is 6.07. The molecule has 2 heterocycles. The molecule has 0 saturated carbocycles. The van der Waals surface area contributed by atoms with E-state index >= 15 is 0 Å². The lowest BCUT2D eigenvalue weighted by Gasteiger charge is -2.50. The first kappa shape index (κ1) is 22.0. The summed E-state index contributed by atoms with van der Waals surface area (Å²) in [4.78, 5) is 49.1. The van der Waals surface area contributed by atoms with Gasteiger partial charge in [0.2, 0.25) is 5.79 Å². The van der Waals surface area contributed by atoms with Crippen molar-refractivity contribution in [2.45, 2.75) is 50.8 Å². The van der Waals surface area contributed by atoms with Crippen molar-refractivity contribution in [3.05, 3.63) is 29.8 Å². The Kier molecular flexibility index (Phi) is 5.52. The zero-order valence-corrected chi connectivity index (χ0v) is 17.3. The molecule has 1 aromatic rings. The monoisotopic (exact) mass is 424 g/mol. The number of cyclic esters (lactones) is 2. The van der Waals surface area contributed by atoms with E-state index in [1.54, 1.807) is 19.1 Å². The van der Waals surface area contributed by atoms with Crippen LogP contribution >= 0.6 is 0 Å². The first-order valence-corrected chi connectivity index (χ1v) is 9.35. The molecule has 0 unspecified atom stereocenters. The summed E-state index contributed by atoms with van der Waals surface area (Å²) in [6.07, 6.45) is 0. The van der Waals surface area contributed by atoms with Gasteiger partial charge in [-0.2, -0.15) is 4.89 Å². The largest absolute Gasteiger partial charge is 0.497 e. The van der Waals surface area contributed by atoms with Gasteiger partial charge in [0.1, 0.15) is 11.7 Å². The number of hydrogen-bond acceptors (Lipinski definition) is 10. The molecule has 3 atom stereocenters. The lowest BCUT2D eigenvalue weighted by molar-refractivity contribution is -0.487. The van der Waals surface area contributed by atoms with Gasteiger partial charge in [0.25, 0.3) is 5.79 Å². The molecule has 2 fully saturated rings. The number of methoxy groups -OCH3 is 1. The summed E-state index contributed by atoms with van der Waals surface area (Å²) in [6, 6.07) is 6.20. The van der Waals surface area contributed by atoms with Gasteiger partial charge in [0, 0.05) is 13.8 Å². The molecule has 1 N–H and O–H groups in total. The van der Waals surface area contributed by atoms with E-state index in [9.17, 15) is 19.5 Å². The molecular formula is C20H24O10. The Bertz CT molecular complexity index is 822. The zero-order valence-electron chi connectivity index (χ0n) is 17.3. The molecule has 0 amide bonds. The number of carbonyl (C=O) groups is 3. The molecule has 0 radical (unpaired) electrons. The van der Waals surface area contributed by atoms with E-state index in [4.69, 9.17) is 28.7 Å². The number of esters is 3.